The van der Waals surface area contributed by atoms with Gasteiger partial charge in [0.2, 0.25) is 0 Å². The van der Waals surface area contributed by atoms with Crippen molar-refractivity contribution in [2.24, 2.45) is 0 Å². The van der Waals surface area contributed by atoms with Gasteiger partial charge < -0.3 is 9.84 Å². The van der Waals surface area contributed by atoms with Gasteiger partial charge in [-0.15, -0.1) is 0 Å². The van der Waals surface area contributed by atoms with Crippen molar-refractivity contribution in [2.75, 3.05) is 13.2 Å². The second-order valence-corrected chi connectivity index (χ2v) is 2.99. The van der Waals surface area contributed by atoms with Crippen LogP contribution in [0.5, 0.6) is 0 Å². The Labute approximate surface area is 77.0 Å². The molecule has 1 saturated carbocycles. The van der Waals surface area contributed by atoms with Gasteiger partial charge >= 0.3 is 6.09 Å². The number of carbonyl (C=O) groups is 1. The fourth-order valence-electron chi connectivity index (χ4n) is 1.31. The standard InChI is InChI=1S/C8H15NO4/c10-5-6-12-8(11)9-13-7-3-1-2-4-7/h7,10H,1-6H2,(H,9,11). The SMILES string of the molecule is O=C(NOC1CCCC1)OCCO. The molecule has 1 rings (SSSR count). The molecule has 0 unspecified atom stereocenters. The maximum atomic E-state index is 10.8. The first-order valence-electron chi connectivity index (χ1n) is 4.52. The molecule has 0 aromatic rings. The Morgan fingerprint density at radius 2 is 2.15 bits per heavy atom. The highest BCUT2D eigenvalue weighted by molar-refractivity contribution is 5.65. The lowest BCUT2D eigenvalue weighted by Crippen LogP contribution is -2.29. The smallest absolute Gasteiger partial charge is 0.431 e. The Hall–Kier alpha value is -0.810. The summed E-state index contributed by atoms with van der Waals surface area (Å²) in [5.74, 6) is 0. The van der Waals surface area contributed by atoms with Gasteiger partial charge in [-0.05, 0) is 12.8 Å². The van der Waals surface area contributed by atoms with Crippen LogP contribution >= 0.6 is 0 Å². The topological polar surface area (TPSA) is 67.8 Å². The fraction of sp³-hybridized carbons (Fsp3) is 0.875. The lowest BCUT2D eigenvalue weighted by Gasteiger charge is -2.10. The predicted octanol–water partition coefficient (Wildman–Crippen LogP) is 0.579. The van der Waals surface area contributed by atoms with Crippen LogP contribution in [-0.2, 0) is 9.57 Å². The number of nitrogens with one attached hydrogen (secondary N) is 1. The molecule has 76 valence electrons. The highest BCUT2D eigenvalue weighted by atomic mass is 16.7. The van der Waals surface area contributed by atoms with Crippen molar-refractivity contribution in [2.45, 2.75) is 31.8 Å². The van der Waals surface area contributed by atoms with Gasteiger partial charge in [0.15, 0.2) is 0 Å². The van der Waals surface area contributed by atoms with Crippen molar-refractivity contribution in [3.05, 3.63) is 0 Å². The Balaban J connectivity index is 2.00. The monoisotopic (exact) mass is 189 g/mol. The lowest BCUT2D eigenvalue weighted by atomic mass is 10.3. The van der Waals surface area contributed by atoms with Crippen molar-refractivity contribution in [1.29, 1.82) is 0 Å². The van der Waals surface area contributed by atoms with Crippen molar-refractivity contribution in [3.63, 3.8) is 0 Å². The van der Waals surface area contributed by atoms with Gasteiger partial charge in [0.25, 0.3) is 0 Å². The van der Waals surface area contributed by atoms with E-state index in [0.29, 0.717) is 0 Å². The molecule has 0 radical (unpaired) electrons. The molecule has 1 aliphatic carbocycles. The summed E-state index contributed by atoms with van der Waals surface area (Å²) in [5.41, 5.74) is 2.19. The van der Waals surface area contributed by atoms with Gasteiger partial charge in [-0.2, -0.15) is 5.48 Å². The van der Waals surface area contributed by atoms with E-state index in [2.05, 4.69) is 10.2 Å². The average molecular weight is 189 g/mol. The van der Waals surface area contributed by atoms with Crippen LogP contribution in [0.25, 0.3) is 0 Å². The molecule has 0 atom stereocenters. The minimum atomic E-state index is -0.638. The number of hydrogen-bond acceptors (Lipinski definition) is 4. The summed E-state index contributed by atoms with van der Waals surface area (Å²) in [4.78, 5) is 15.8. The van der Waals surface area contributed by atoms with Crippen LogP contribution in [0.2, 0.25) is 0 Å². The third-order valence-electron chi connectivity index (χ3n) is 1.94. The van der Waals surface area contributed by atoms with Gasteiger partial charge in [0, 0.05) is 0 Å². The minimum Gasteiger partial charge on any atom is -0.446 e. The maximum Gasteiger partial charge on any atom is 0.431 e. The van der Waals surface area contributed by atoms with Crippen LogP contribution in [0.1, 0.15) is 25.7 Å². The summed E-state index contributed by atoms with van der Waals surface area (Å²) in [6, 6.07) is 0. The molecule has 13 heavy (non-hydrogen) atoms. The quantitative estimate of drug-likeness (QED) is 0.635. The highest BCUT2D eigenvalue weighted by Crippen LogP contribution is 2.19. The summed E-state index contributed by atoms with van der Waals surface area (Å²) in [7, 11) is 0. The van der Waals surface area contributed by atoms with Crippen LogP contribution in [-0.4, -0.2) is 30.5 Å². The molecule has 5 heteroatoms. The minimum absolute atomic E-state index is 0.000139. The number of aliphatic hydroxyl groups is 1. The molecule has 0 aromatic heterocycles. The van der Waals surface area contributed by atoms with E-state index in [1.807, 2.05) is 0 Å². The molecular weight excluding hydrogens is 174 g/mol. The van der Waals surface area contributed by atoms with Crippen molar-refractivity contribution >= 4 is 6.09 Å². The number of amides is 1. The Morgan fingerprint density at radius 3 is 2.77 bits per heavy atom. The molecule has 5 nitrogen and oxygen atoms in total. The molecule has 0 heterocycles. The third-order valence-corrected chi connectivity index (χ3v) is 1.94. The summed E-state index contributed by atoms with van der Waals surface area (Å²) in [5, 5.41) is 8.35. The molecule has 1 fully saturated rings. The van der Waals surface area contributed by atoms with E-state index < -0.39 is 6.09 Å². The molecule has 1 amide bonds. The molecule has 2 N–H and O–H groups in total. The van der Waals surface area contributed by atoms with Crippen molar-refractivity contribution in [1.82, 2.24) is 5.48 Å². The number of rotatable bonds is 4. The zero-order valence-electron chi connectivity index (χ0n) is 7.49. The van der Waals surface area contributed by atoms with Gasteiger partial charge in [0.1, 0.15) is 6.61 Å². The normalized spacial score (nSPS) is 17.3. The van der Waals surface area contributed by atoms with Gasteiger partial charge in [-0.25, -0.2) is 4.79 Å². The van der Waals surface area contributed by atoms with Crippen LogP contribution in [0.4, 0.5) is 4.79 Å². The highest BCUT2D eigenvalue weighted by Gasteiger charge is 2.16. The lowest BCUT2D eigenvalue weighted by molar-refractivity contribution is -0.0220. The zero-order valence-corrected chi connectivity index (χ0v) is 7.49. The first-order valence-corrected chi connectivity index (χ1v) is 4.52. The summed E-state index contributed by atoms with van der Waals surface area (Å²) in [6.07, 6.45) is 3.76. The van der Waals surface area contributed by atoms with Gasteiger partial charge in [-0.3, -0.25) is 4.84 Å². The fourth-order valence-corrected chi connectivity index (χ4v) is 1.31. The second-order valence-electron chi connectivity index (χ2n) is 2.99. The first kappa shape index (κ1) is 10.3. The molecule has 0 bridgehead atoms. The van der Waals surface area contributed by atoms with E-state index in [4.69, 9.17) is 9.94 Å². The van der Waals surface area contributed by atoms with E-state index in [9.17, 15) is 4.79 Å². The Bertz CT molecular complexity index is 156. The van der Waals surface area contributed by atoms with Gasteiger partial charge in [-0.1, -0.05) is 12.8 Å². The number of hydrogen-bond donors (Lipinski definition) is 2. The molecule has 0 spiro atoms. The maximum absolute atomic E-state index is 10.8. The van der Waals surface area contributed by atoms with E-state index in [1.54, 1.807) is 0 Å². The predicted molar refractivity (Wildman–Crippen MR) is 44.9 cm³/mol. The number of carbonyl (C=O) groups excluding carboxylic acids is 1. The summed E-state index contributed by atoms with van der Waals surface area (Å²) >= 11 is 0. The molecule has 0 aliphatic heterocycles. The third kappa shape index (κ3) is 4.10. The van der Waals surface area contributed by atoms with Crippen molar-refractivity contribution in [3.8, 4) is 0 Å². The largest absolute Gasteiger partial charge is 0.446 e. The van der Waals surface area contributed by atoms with Crippen LogP contribution in [0.3, 0.4) is 0 Å². The van der Waals surface area contributed by atoms with E-state index in [-0.39, 0.29) is 19.3 Å². The molecule has 1 aliphatic rings. The average Bonchev–Trinajstić information content (AvgIpc) is 2.64. The van der Waals surface area contributed by atoms with Crippen molar-refractivity contribution < 1.29 is 19.5 Å². The summed E-state index contributed by atoms with van der Waals surface area (Å²) in [6.45, 7) is -0.170. The Kier molecular flexibility index (Phi) is 4.56. The first-order chi connectivity index (χ1) is 6.33. The van der Waals surface area contributed by atoms with Crippen LogP contribution in [0, 0.1) is 0 Å². The number of aliphatic hydroxyl groups excluding tert-OH is 1. The number of hydroxylamine groups is 1. The van der Waals surface area contributed by atoms with Gasteiger partial charge in [0.05, 0.1) is 12.7 Å². The Morgan fingerprint density at radius 1 is 1.46 bits per heavy atom. The van der Waals surface area contributed by atoms with E-state index >= 15 is 0 Å². The zero-order chi connectivity index (χ0) is 9.52. The summed E-state index contributed by atoms with van der Waals surface area (Å²) < 4.78 is 4.53. The molecule has 0 saturated heterocycles. The van der Waals surface area contributed by atoms with Crippen LogP contribution < -0.4 is 5.48 Å². The van der Waals surface area contributed by atoms with E-state index in [0.717, 1.165) is 25.7 Å². The number of ether oxygens (including phenoxy) is 1. The molecular formula is C8H15NO4. The van der Waals surface area contributed by atoms with E-state index in [1.165, 1.54) is 0 Å². The van der Waals surface area contributed by atoms with Crippen LogP contribution in [0.15, 0.2) is 0 Å². The molecule has 0 aromatic carbocycles. The second kappa shape index (κ2) is 5.77.